The van der Waals surface area contributed by atoms with Gasteiger partial charge in [0.15, 0.2) is 0 Å². The number of aromatic nitrogens is 3. The van der Waals surface area contributed by atoms with E-state index in [4.69, 9.17) is 0 Å². The molecule has 0 radical (unpaired) electrons. The van der Waals surface area contributed by atoms with E-state index in [9.17, 15) is 4.79 Å². The van der Waals surface area contributed by atoms with E-state index in [0.717, 1.165) is 47.7 Å². The third-order valence-corrected chi connectivity index (χ3v) is 5.29. The number of carbonyl (C=O) groups excluding carboxylic acids is 1. The van der Waals surface area contributed by atoms with Gasteiger partial charge in [-0.2, -0.15) is 5.10 Å². The molecule has 3 rings (SSSR count). The van der Waals surface area contributed by atoms with Crippen molar-refractivity contribution in [1.29, 1.82) is 0 Å². The Balaban J connectivity index is 1.58. The molecule has 0 spiro atoms. The number of amides is 2. The molecule has 1 aliphatic rings. The second kappa shape index (κ2) is 7.79. The number of aromatic amines is 1. The number of likely N-dealkylation sites (tertiary alicyclic amines) is 1. The second-order valence-electron chi connectivity index (χ2n) is 6.71. The largest absolute Gasteiger partial charge is 0.333 e. The molecule has 6 nitrogen and oxygen atoms in total. The van der Waals surface area contributed by atoms with Crippen LogP contribution in [0.3, 0.4) is 0 Å². The van der Waals surface area contributed by atoms with Crippen LogP contribution in [0.25, 0.3) is 0 Å². The zero-order chi connectivity index (χ0) is 16.9. The first-order chi connectivity index (χ1) is 11.6. The average molecular weight is 347 g/mol. The number of piperidine rings is 1. The first-order valence-electron chi connectivity index (χ1n) is 8.60. The molecule has 24 heavy (non-hydrogen) atoms. The maximum atomic E-state index is 12.6. The minimum atomic E-state index is -0.000269. The second-order valence-corrected chi connectivity index (χ2v) is 7.91. The van der Waals surface area contributed by atoms with E-state index in [1.807, 2.05) is 23.5 Å². The van der Waals surface area contributed by atoms with Gasteiger partial charge in [-0.3, -0.25) is 5.10 Å². The van der Waals surface area contributed by atoms with Crippen molar-refractivity contribution < 1.29 is 4.79 Å². The molecule has 0 bridgehead atoms. The molecule has 0 aromatic carbocycles. The standard InChI is InChI=1S/C17H25N5OS/c1-12(2)7-16-18-10-14(24-16)11-19-17(23)22-6-4-3-5-15(22)13-8-20-21-9-13/h8-10,12,15H,3-7,11H2,1-2H3,(H,19,23)(H,20,21). The van der Waals surface area contributed by atoms with Crippen molar-refractivity contribution in [2.75, 3.05) is 6.54 Å². The molecule has 1 fully saturated rings. The van der Waals surface area contributed by atoms with Gasteiger partial charge in [0.2, 0.25) is 0 Å². The van der Waals surface area contributed by atoms with Crippen LogP contribution in [-0.2, 0) is 13.0 Å². The SMILES string of the molecule is CC(C)Cc1ncc(CNC(=O)N2CCCCC2c2cn[nH]c2)s1. The van der Waals surface area contributed by atoms with Gasteiger partial charge in [0, 0.05) is 35.8 Å². The van der Waals surface area contributed by atoms with Crippen LogP contribution in [0.4, 0.5) is 4.79 Å². The maximum Gasteiger partial charge on any atom is 0.318 e. The molecule has 2 N–H and O–H groups in total. The highest BCUT2D eigenvalue weighted by molar-refractivity contribution is 7.11. The lowest BCUT2D eigenvalue weighted by molar-refractivity contribution is 0.151. The average Bonchev–Trinajstić information content (AvgIpc) is 3.24. The Morgan fingerprint density at radius 1 is 1.46 bits per heavy atom. The number of H-pyrrole nitrogens is 1. The van der Waals surface area contributed by atoms with Crippen molar-refractivity contribution in [2.45, 2.75) is 52.1 Å². The molecule has 2 aromatic heterocycles. The number of thiazole rings is 1. The third kappa shape index (κ3) is 4.14. The predicted octanol–water partition coefficient (Wildman–Crippen LogP) is 3.50. The molecular formula is C17H25N5OS. The highest BCUT2D eigenvalue weighted by atomic mass is 32.1. The van der Waals surface area contributed by atoms with E-state index >= 15 is 0 Å². The van der Waals surface area contributed by atoms with Gasteiger partial charge in [-0.05, 0) is 25.2 Å². The number of hydrogen-bond acceptors (Lipinski definition) is 4. The number of urea groups is 1. The topological polar surface area (TPSA) is 73.9 Å². The molecule has 2 aromatic rings. The predicted molar refractivity (Wildman–Crippen MR) is 94.8 cm³/mol. The number of nitrogens with zero attached hydrogens (tertiary/aromatic N) is 3. The number of rotatable bonds is 5. The van der Waals surface area contributed by atoms with Crippen molar-refractivity contribution in [3.8, 4) is 0 Å². The fraction of sp³-hybridized carbons (Fsp3) is 0.588. The van der Waals surface area contributed by atoms with Crippen LogP contribution >= 0.6 is 11.3 Å². The highest BCUT2D eigenvalue weighted by Crippen LogP contribution is 2.30. The summed E-state index contributed by atoms with van der Waals surface area (Å²) < 4.78 is 0. The summed E-state index contributed by atoms with van der Waals surface area (Å²) in [5.74, 6) is 0.600. The number of hydrogen-bond donors (Lipinski definition) is 2. The van der Waals surface area contributed by atoms with Crippen molar-refractivity contribution in [1.82, 2.24) is 25.4 Å². The fourth-order valence-corrected chi connectivity index (χ4v) is 4.18. The quantitative estimate of drug-likeness (QED) is 0.869. The Hall–Kier alpha value is -1.89. The smallest absolute Gasteiger partial charge is 0.318 e. The Bertz CT molecular complexity index is 652. The first-order valence-corrected chi connectivity index (χ1v) is 9.42. The Labute approximate surface area is 146 Å². The van der Waals surface area contributed by atoms with Gasteiger partial charge in [-0.15, -0.1) is 11.3 Å². The minimum Gasteiger partial charge on any atom is -0.333 e. The molecule has 0 aliphatic carbocycles. The normalized spacial score (nSPS) is 18.1. The molecule has 1 unspecified atom stereocenters. The lowest BCUT2D eigenvalue weighted by Crippen LogP contribution is -2.44. The van der Waals surface area contributed by atoms with Gasteiger partial charge in [-0.1, -0.05) is 13.8 Å². The van der Waals surface area contributed by atoms with Crippen molar-refractivity contribution in [3.63, 3.8) is 0 Å². The summed E-state index contributed by atoms with van der Waals surface area (Å²) >= 11 is 1.69. The lowest BCUT2D eigenvalue weighted by atomic mass is 9.98. The van der Waals surface area contributed by atoms with Crippen LogP contribution in [0.5, 0.6) is 0 Å². The third-order valence-electron chi connectivity index (χ3n) is 4.27. The van der Waals surface area contributed by atoms with E-state index in [1.54, 1.807) is 11.3 Å². The van der Waals surface area contributed by atoms with Crippen LogP contribution in [0, 0.1) is 5.92 Å². The molecule has 1 aliphatic heterocycles. The van der Waals surface area contributed by atoms with Crippen molar-refractivity contribution in [3.05, 3.63) is 34.0 Å². The molecular weight excluding hydrogens is 322 g/mol. The maximum absolute atomic E-state index is 12.6. The fourth-order valence-electron chi connectivity index (χ4n) is 3.10. The summed E-state index contributed by atoms with van der Waals surface area (Å²) in [4.78, 5) is 20.1. The van der Waals surface area contributed by atoms with E-state index < -0.39 is 0 Å². The summed E-state index contributed by atoms with van der Waals surface area (Å²) in [5.41, 5.74) is 1.09. The summed E-state index contributed by atoms with van der Waals surface area (Å²) in [6.45, 7) is 5.72. The van der Waals surface area contributed by atoms with Crippen LogP contribution in [0.2, 0.25) is 0 Å². The Morgan fingerprint density at radius 2 is 2.33 bits per heavy atom. The van der Waals surface area contributed by atoms with Gasteiger partial charge in [0.1, 0.15) is 0 Å². The van der Waals surface area contributed by atoms with Gasteiger partial charge >= 0.3 is 6.03 Å². The molecule has 3 heterocycles. The van der Waals surface area contributed by atoms with E-state index in [1.165, 1.54) is 0 Å². The van der Waals surface area contributed by atoms with Crippen molar-refractivity contribution >= 4 is 17.4 Å². The number of carbonyl (C=O) groups is 1. The summed E-state index contributed by atoms with van der Waals surface area (Å²) in [5, 5.41) is 11.1. The lowest BCUT2D eigenvalue weighted by Gasteiger charge is -2.35. The molecule has 1 saturated heterocycles. The zero-order valence-electron chi connectivity index (χ0n) is 14.3. The van der Waals surface area contributed by atoms with E-state index in [0.29, 0.717) is 12.5 Å². The Kier molecular flexibility index (Phi) is 5.50. The minimum absolute atomic E-state index is 0.000269. The Morgan fingerprint density at radius 3 is 3.08 bits per heavy atom. The van der Waals surface area contributed by atoms with Crippen molar-refractivity contribution in [2.24, 2.45) is 5.92 Å². The summed E-state index contributed by atoms with van der Waals surface area (Å²) in [6, 6.07) is 0.121. The molecule has 0 saturated carbocycles. The van der Waals surface area contributed by atoms with Gasteiger partial charge in [0.05, 0.1) is 23.8 Å². The highest BCUT2D eigenvalue weighted by Gasteiger charge is 2.28. The van der Waals surface area contributed by atoms with Gasteiger partial charge < -0.3 is 10.2 Å². The van der Waals surface area contributed by atoms with Crippen LogP contribution in [0.15, 0.2) is 18.6 Å². The molecule has 1 atom stereocenters. The summed E-state index contributed by atoms with van der Waals surface area (Å²) in [7, 11) is 0. The van der Waals surface area contributed by atoms with Gasteiger partial charge in [0.25, 0.3) is 0 Å². The molecule has 2 amide bonds. The summed E-state index contributed by atoms with van der Waals surface area (Å²) in [6.07, 6.45) is 9.77. The monoisotopic (exact) mass is 347 g/mol. The first kappa shape index (κ1) is 17.0. The zero-order valence-corrected chi connectivity index (χ0v) is 15.1. The van der Waals surface area contributed by atoms with E-state index in [-0.39, 0.29) is 12.1 Å². The van der Waals surface area contributed by atoms with Crippen LogP contribution < -0.4 is 5.32 Å². The number of nitrogens with one attached hydrogen (secondary N) is 2. The van der Waals surface area contributed by atoms with E-state index in [2.05, 4.69) is 34.3 Å². The molecule has 7 heteroatoms. The van der Waals surface area contributed by atoms with Crippen LogP contribution in [0.1, 0.15) is 54.6 Å². The molecule has 130 valence electrons. The van der Waals surface area contributed by atoms with Crippen LogP contribution in [-0.4, -0.2) is 32.7 Å². The van der Waals surface area contributed by atoms with Gasteiger partial charge in [-0.25, -0.2) is 9.78 Å².